The van der Waals surface area contributed by atoms with Gasteiger partial charge in [-0.3, -0.25) is 9.59 Å². The predicted octanol–water partition coefficient (Wildman–Crippen LogP) is 4.02. The van der Waals surface area contributed by atoms with E-state index >= 15 is 0 Å². The molecule has 3 rings (SSSR count). The molecule has 1 aliphatic rings. The Morgan fingerprint density at radius 2 is 1.62 bits per heavy atom. The van der Waals surface area contributed by atoms with Crippen molar-refractivity contribution in [1.82, 2.24) is 4.90 Å². The van der Waals surface area contributed by atoms with E-state index in [2.05, 4.69) is 0 Å². The van der Waals surface area contributed by atoms with Crippen molar-refractivity contribution in [2.24, 2.45) is 5.92 Å². The largest absolute Gasteiger partial charge is 0.467 e. The summed E-state index contributed by atoms with van der Waals surface area (Å²) in [6.07, 6.45) is -1.24. The fourth-order valence-electron chi connectivity index (χ4n) is 3.59. The molecule has 0 bridgehead atoms. The fourth-order valence-corrected chi connectivity index (χ4v) is 3.59. The maximum atomic E-state index is 13.7. The van der Waals surface area contributed by atoms with Gasteiger partial charge in [-0.15, -0.1) is 0 Å². The molecular formula is C24H24FNO6. The number of carbonyl (C=O) groups excluding carboxylic acids is 4. The van der Waals surface area contributed by atoms with Crippen LogP contribution in [0, 0.1) is 11.7 Å². The van der Waals surface area contributed by atoms with E-state index in [4.69, 9.17) is 9.47 Å². The minimum absolute atomic E-state index is 0.0251. The van der Waals surface area contributed by atoms with Gasteiger partial charge >= 0.3 is 12.1 Å². The van der Waals surface area contributed by atoms with Crippen LogP contribution in [-0.4, -0.2) is 46.9 Å². The molecule has 2 atom stereocenters. The molecule has 0 N–H and O–H groups in total. The number of benzene rings is 2. The lowest BCUT2D eigenvalue weighted by molar-refractivity contribution is -0.148. The van der Waals surface area contributed by atoms with E-state index in [0.717, 1.165) is 13.2 Å². The van der Waals surface area contributed by atoms with Crippen molar-refractivity contribution in [3.8, 4) is 0 Å². The Morgan fingerprint density at radius 3 is 2.19 bits per heavy atom. The molecule has 32 heavy (non-hydrogen) atoms. The van der Waals surface area contributed by atoms with Crippen molar-refractivity contribution in [1.29, 1.82) is 0 Å². The second kappa shape index (κ2) is 8.53. The first-order chi connectivity index (χ1) is 15.0. The molecule has 0 aromatic heterocycles. The van der Waals surface area contributed by atoms with Crippen LogP contribution in [0.25, 0.3) is 0 Å². The highest BCUT2D eigenvalue weighted by molar-refractivity contribution is 6.13. The summed E-state index contributed by atoms with van der Waals surface area (Å²) < 4.78 is 24.0. The fraction of sp³-hybridized carbons (Fsp3) is 0.333. The first-order valence-electron chi connectivity index (χ1n) is 10.0. The number of amides is 2. The lowest BCUT2D eigenvalue weighted by Crippen LogP contribution is -2.54. The van der Waals surface area contributed by atoms with Crippen LogP contribution in [0.1, 0.15) is 47.9 Å². The normalized spacial score (nSPS) is 19.6. The Hall–Kier alpha value is -3.55. The molecule has 2 aromatic carbocycles. The molecular weight excluding hydrogens is 417 g/mol. The zero-order valence-electron chi connectivity index (χ0n) is 18.3. The van der Waals surface area contributed by atoms with Gasteiger partial charge in [0.05, 0.1) is 13.0 Å². The monoisotopic (exact) mass is 441 g/mol. The van der Waals surface area contributed by atoms with Gasteiger partial charge in [0, 0.05) is 11.1 Å². The van der Waals surface area contributed by atoms with Gasteiger partial charge in [-0.25, -0.2) is 18.9 Å². The smallest absolute Gasteiger partial charge is 0.418 e. The van der Waals surface area contributed by atoms with Gasteiger partial charge in [0.15, 0.2) is 11.3 Å². The topological polar surface area (TPSA) is 90.0 Å². The molecule has 0 heterocycles. The Labute approximate surface area is 185 Å². The third-order valence-electron chi connectivity index (χ3n) is 5.10. The van der Waals surface area contributed by atoms with Gasteiger partial charge in [-0.2, -0.15) is 0 Å². The number of ketones is 1. The van der Waals surface area contributed by atoms with Crippen molar-refractivity contribution in [3.63, 3.8) is 0 Å². The van der Waals surface area contributed by atoms with Crippen LogP contribution in [0.3, 0.4) is 0 Å². The molecule has 0 saturated heterocycles. The third-order valence-corrected chi connectivity index (χ3v) is 5.10. The number of halogens is 1. The predicted molar refractivity (Wildman–Crippen MR) is 112 cm³/mol. The number of carbonyl (C=O) groups is 4. The van der Waals surface area contributed by atoms with Crippen LogP contribution in [0.2, 0.25) is 0 Å². The molecule has 1 aliphatic carbocycles. The highest BCUT2D eigenvalue weighted by Crippen LogP contribution is 2.52. The number of Topliss-reactive ketones (excluding diaryl/α,β-unsaturated/α-hetero) is 1. The third kappa shape index (κ3) is 4.39. The summed E-state index contributed by atoms with van der Waals surface area (Å²) in [5.74, 6) is -4.03. The lowest BCUT2D eigenvalue weighted by atomic mass is 10.0. The molecule has 2 unspecified atom stereocenters. The average molecular weight is 441 g/mol. The van der Waals surface area contributed by atoms with Crippen LogP contribution in [0.5, 0.6) is 0 Å². The average Bonchev–Trinajstić information content (AvgIpc) is 3.48. The molecule has 0 aliphatic heterocycles. The Kier molecular flexibility index (Phi) is 6.16. The molecule has 168 valence electrons. The van der Waals surface area contributed by atoms with Crippen molar-refractivity contribution in [2.45, 2.75) is 38.3 Å². The van der Waals surface area contributed by atoms with Crippen LogP contribution >= 0.6 is 0 Å². The highest BCUT2D eigenvalue weighted by atomic mass is 19.1. The molecule has 1 fully saturated rings. The molecule has 7 nitrogen and oxygen atoms in total. The lowest BCUT2D eigenvalue weighted by Gasteiger charge is -2.31. The number of esters is 1. The SMILES string of the molecule is COC(=O)C1(N(C(=O)OC(C)(C)C)C(=O)c2ccccc2)CC1C(=O)c1cccc(F)c1. The van der Waals surface area contributed by atoms with Crippen LogP contribution in [0.15, 0.2) is 54.6 Å². The molecule has 8 heteroatoms. The van der Waals surface area contributed by atoms with Gasteiger partial charge in [0.25, 0.3) is 5.91 Å². The molecule has 1 saturated carbocycles. The van der Waals surface area contributed by atoms with Gasteiger partial charge in [-0.05, 0) is 51.5 Å². The summed E-state index contributed by atoms with van der Waals surface area (Å²) in [4.78, 5) is 53.2. The number of ether oxygens (including phenoxy) is 2. The molecule has 2 aromatic rings. The van der Waals surface area contributed by atoms with Crippen molar-refractivity contribution in [3.05, 3.63) is 71.5 Å². The minimum Gasteiger partial charge on any atom is -0.467 e. The summed E-state index contributed by atoms with van der Waals surface area (Å²) in [5, 5.41) is 0. The van der Waals surface area contributed by atoms with Gasteiger partial charge < -0.3 is 9.47 Å². The van der Waals surface area contributed by atoms with Crippen molar-refractivity contribution < 1.29 is 33.0 Å². The summed E-state index contributed by atoms with van der Waals surface area (Å²) >= 11 is 0. The van der Waals surface area contributed by atoms with E-state index in [1.54, 1.807) is 39.0 Å². The number of rotatable bonds is 5. The summed E-state index contributed by atoms with van der Waals surface area (Å²) in [6, 6.07) is 12.9. The number of nitrogens with zero attached hydrogens (tertiary/aromatic N) is 1. The van der Waals surface area contributed by atoms with E-state index in [0.29, 0.717) is 4.90 Å². The van der Waals surface area contributed by atoms with Crippen molar-refractivity contribution in [2.75, 3.05) is 7.11 Å². The second-order valence-corrected chi connectivity index (χ2v) is 8.53. The van der Waals surface area contributed by atoms with E-state index in [-0.39, 0.29) is 17.5 Å². The molecule has 0 radical (unpaired) electrons. The number of hydrogen-bond acceptors (Lipinski definition) is 6. The van der Waals surface area contributed by atoms with Crippen LogP contribution < -0.4 is 0 Å². The maximum absolute atomic E-state index is 13.7. The van der Waals surface area contributed by atoms with Crippen LogP contribution in [0.4, 0.5) is 9.18 Å². The Balaban J connectivity index is 2.08. The van der Waals surface area contributed by atoms with E-state index in [1.165, 1.54) is 30.3 Å². The van der Waals surface area contributed by atoms with Crippen LogP contribution in [-0.2, 0) is 14.3 Å². The molecule has 2 amide bonds. The zero-order valence-corrected chi connectivity index (χ0v) is 18.3. The second-order valence-electron chi connectivity index (χ2n) is 8.53. The van der Waals surface area contributed by atoms with Gasteiger partial charge in [0.2, 0.25) is 0 Å². The highest BCUT2D eigenvalue weighted by Gasteiger charge is 2.71. The van der Waals surface area contributed by atoms with Crippen molar-refractivity contribution >= 4 is 23.8 Å². The quantitative estimate of drug-likeness (QED) is 0.514. The van der Waals surface area contributed by atoms with Gasteiger partial charge in [-0.1, -0.05) is 30.3 Å². The standard InChI is InChI=1S/C24H24FNO6/c1-23(2,3)32-22(30)26(20(28)15-9-6-5-7-10-15)24(21(29)31-4)14-18(24)19(27)16-11-8-12-17(25)13-16/h5-13,18H,14H2,1-4H3. The van der Waals surface area contributed by atoms with Gasteiger partial charge in [0.1, 0.15) is 11.4 Å². The first kappa shape index (κ1) is 23.1. The zero-order chi connectivity index (χ0) is 23.7. The summed E-state index contributed by atoms with van der Waals surface area (Å²) in [5.41, 5.74) is -2.71. The van der Waals surface area contributed by atoms with E-state index < -0.39 is 46.6 Å². The first-order valence-corrected chi connectivity index (χ1v) is 10.0. The Morgan fingerprint density at radius 1 is 1.00 bits per heavy atom. The number of imide groups is 1. The summed E-state index contributed by atoms with van der Waals surface area (Å²) in [7, 11) is 1.10. The summed E-state index contributed by atoms with van der Waals surface area (Å²) in [6.45, 7) is 4.84. The number of hydrogen-bond donors (Lipinski definition) is 0. The Bertz CT molecular complexity index is 1060. The minimum atomic E-state index is -1.90. The van der Waals surface area contributed by atoms with E-state index in [1.807, 2.05) is 0 Å². The number of methoxy groups -OCH3 is 1. The molecule has 0 spiro atoms. The maximum Gasteiger partial charge on any atom is 0.418 e. The van der Waals surface area contributed by atoms with E-state index in [9.17, 15) is 23.6 Å².